The van der Waals surface area contributed by atoms with Crippen LogP contribution < -0.4 is 0 Å². The molecule has 0 atom stereocenters. The van der Waals surface area contributed by atoms with Crippen molar-refractivity contribution >= 4 is 42.4 Å². The number of aromatic nitrogens is 7. The maximum atomic E-state index is 5.23. The molecule has 0 saturated heterocycles. The summed E-state index contributed by atoms with van der Waals surface area (Å²) in [6.07, 6.45) is 5.89. The molecule has 266 valence electrons. The molecule has 4 heterocycles. The molecule has 10 aromatic rings. The van der Waals surface area contributed by atoms with Gasteiger partial charge >= 0.3 is 0 Å². The maximum Gasteiger partial charge on any atom is 0.238 e. The number of para-hydroxylation sites is 1. The van der Waals surface area contributed by atoms with Gasteiger partial charge in [0.25, 0.3) is 0 Å². The molecule has 0 unspecified atom stereocenters. The molecule has 6 aromatic carbocycles. The number of thiophene rings is 1. The maximum absolute atomic E-state index is 5.23. The number of hydrogen-bond donors (Lipinski definition) is 0. The summed E-state index contributed by atoms with van der Waals surface area (Å²) in [4.78, 5) is 30.6. The molecule has 0 N–H and O–H groups in total. The molecular weight excluding hydrogens is 707 g/mol. The van der Waals surface area contributed by atoms with Gasteiger partial charge in [-0.15, -0.1) is 17.9 Å². The van der Waals surface area contributed by atoms with Crippen LogP contribution in [0.15, 0.2) is 171 Å². The quantitative estimate of drug-likeness (QED) is 0.137. The van der Waals surface area contributed by atoms with E-state index in [0.717, 1.165) is 66.3 Å². The van der Waals surface area contributed by atoms with Crippen LogP contribution in [0.2, 0.25) is 0 Å². The highest BCUT2D eigenvalue weighted by Gasteiger charge is 2.21. The highest BCUT2D eigenvalue weighted by Crippen LogP contribution is 2.43. The third kappa shape index (κ3) is 6.02. The van der Waals surface area contributed by atoms with Gasteiger partial charge in [0.2, 0.25) is 5.95 Å². The second-order valence-electron chi connectivity index (χ2n) is 13.5. The Balaban J connectivity index is 1.18. The van der Waals surface area contributed by atoms with E-state index < -0.39 is 0 Å². The number of benzene rings is 6. The molecule has 0 radical (unpaired) electrons. The first-order valence-corrected chi connectivity index (χ1v) is 19.4. The van der Waals surface area contributed by atoms with Crippen molar-refractivity contribution in [1.29, 1.82) is 0 Å². The van der Waals surface area contributed by atoms with E-state index in [4.69, 9.17) is 29.9 Å². The van der Waals surface area contributed by atoms with Crippen molar-refractivity contribution < 1.29 is 0 Å². The normalized spacial score (nSPS) is 11.4. The second kappa shape index (κ2) is 14.2. The third-order valence-electron chi connectivity index (χ3n) is 9.99. The van der Waals surface area contributed by atoms with Crippen LogP contribution in [0.1, 0.15) is 12.0 Å². The first kappa shape index (κ1) is 33.4. The van der Waals surface area contributed by atoms with E-state index in [9.17, 15) is 0 Å². The fourth-order valence-electron chi connectivity index (χ4n) is 7.32. The summed E-state index contributed by atoms with van der Waals surface area (Å²) in [7, 11) is 0. The Hall–Kier alpha value is -7.16. The van der Waals surface area contributed by atoms with Gasteiger partial charge in [0, 0.05) is 59.6 Å². The Bertz CT molecular complexity index is 2990. The van der Waals surface area contributed by atoms with Crippen molar-refractivity contribution in [1.82, 2.24) is 34.5 Å². The summed E-state index contributed by atoms with van der Waals surface area (Å²) in [6.45, 7) is 3.96. The number of rotatable bonds is 9. The second-order valence-corrected chi connectivity index (χ2v) is 14.6. The molecule has 0 fully saturated rings. The SMILES string of the molecule is C=CCCc1cn(-c2nc(-c3ccccc3)nc(-c3cccc4c3sc3cccc(-c5nc(-c6ccccc6)nc(-c6ccccc6)n5)c34)n2)c2ccccc12. The lowest BCUT2D eigenvalue weighted by Gasteiger charge is -2.10. The molecule has 0 aliphatic rings. The van der Waals surface area contributed by atoms with E-state index in [1.54, 1.807) is 11.3 Å². The van der Waals surface area contributed by atoms with Crippen LogP contribution in [0.25, 0.3) is 94.0 Å². The van der Waals surface area contributed by atoms with Gasteiger partial charge in [-0.2, -0.15) is 9.97 Å². The molecule has 0 aliphatic carbocycles. The number of hydrogen-bond acceptors (Lipinski definition) is 7. The summed E-state index contributed by atoms with van der Waals surface area (Å²) >= 11 is 1.72. The smallest absolute Gasteiger partial charge is 0.238 e. The number of fused-ring (bicyclic) bond motifs is 4. The Morgan fingerprint density at radius 1 is 0.500 bits per heavy atom. The highest BCUT2D eigenvalue weighted by molar-refractivity contribution is 7.26. The van der Waals surface area contributed by atoms with E-state index >= 15 is 0 Å². The molecule has 8 heteroatoms. The van der Waals surface area contributed by atoms with E-state index in [0.29, 0.717) is 35.1 Å². The fraction of sp³-hybridized carbons (Fsp3) is 0.0417. The summed E-state index contributed by atoms with van der Waals surface area (Å²) < 4.78 is 4.30. The molecule has 7 nitrogen and oxygen atoms in total. The van der Waals surface area contributed by atoms with E-state index in [1.165, 1.54) is 10.9 Å². The zero-order chi connectivity index (χ0) is 37.4. The Kier molecular flexibility index (Phi) is 8.50. The van der Waals surface area contributed by atoms with Crippen LogP contribution in [0.4, 0.5) is 0 Å². The van der Waals surface area contributed by atoms with Gasteiger partial charge in [-0.05, 0) is 36.6 Å². The summed E-state index contributed by atoms with van der Waals surface area (Å²) in [5.41, 5.74) is 6.94. The van der Waals surface area contributed by atoms with Gasteiger partial charge in [0.05, 0.1) is 5.52 Å². The van der Waals surface area contributed by atoms with Crippen LogP contribution in [0.3, 0.4) is 0 Å². The summed E-state index contributed by atoms with van der Waals surface area (Å²) in [6, 6.07) is 51.4. The minimum absolute atomic E-state index is 0.570. The van der Waals surface area contributed by atoms with E-state index in [1.807, 2.05) is 97.1 Å². The van der Waals surface area contributed by atoms with Gasteiger partial charge in [-0.25, -0.2) is 19.9 Å². The zero-order valence-electron chi connectivity index (χ0n) is 30.2. The topological polar surface area (TPSA) is 82.3 Å². The standard InChI is InChI=1S/C48H33N7S/c1-2-3-17-34-30-55(39-28-14-13-24-35(34)39)48-53-45(33-22-11-6-12-23-33)52-47(54-48)38-27-15-25-36-41-37(26-16-29-40(41)56-42(36)38)46-50-43(31-18-7-4-8-19-31)49-44(51-46)32-20-9-5-10-21-32/h2,4-16,18-30H,1,3,17H2. The molecule has 0 spiro atoms. The number of allylic oxidation sites excluding steroid dienone is 1. The molecule has 0 saturated carbocycles. The van der Waals surface area contributed by atoms with Crippen LogP contribution in [-0.2, 0) is 6.42 Å². The lowest BCUT2D eigenvalue weighted by atomic mass is 10.0. The fourth-order valence-corrected chi connectivity index (χ4v) is 8.56. The molecule has 0 amide bonds. The van der Waals surface area contributed by atoms with Crippen LogP contribution >= 0.6 is 11.3 Å². The van der Waals surface area contributed by atoms with Crippen LogP contribution in [0, 0.1) is 0 Å². The third-order valence-corrected chi connectivity index (χ3v) is 11.2. The molecular formula is C48H33N7S. The Morgan fingerprint density at radius 3 is 1.68 bits per heavy atom. The largest absolute Gasteiger partial charge is 0.285 e. The van der Waals surface area contributed by atoms with Crippen molar-refractivity contribution in [2.24, 2.45) is 0 Å². The predicted molar refractivity (Wildman–Crippen MR) is 229 cm³/mol. The molecule has 10 rings (SSSR count). The average molecular weight is 740 g/mol. The van der Waals surface area contributed by atoms with Crippen molar-refractivity contribution in [3.8, 4) is 62.9 Å². The number of aryl methyl sites for hydroxylation is 1. The van der Waals surface area contributed by atoms with Gasteiger partial charge in [0.1, 0.15) is 0 Å². The monoisotopic (exact) mass is 739 g/mol. The Morgan fingerprint density at radius 2 is 1.02 bits per heavy atom. The van der Waals surface area contributed by atoms with Crippen molar-refractivity contribution in [3.63, 3.8) is 0 Å². The highest BCUT2D eigenvalue weighted by atomic mass is 32.1. The lowest BCUT2D eigenvalue weighted by Crippen LogP contribution is -2.05. The van der Waals surface area contributed by atoms with Gasteiger partial charge in [-0.1, -0.05) is 140 Å². The summed E-state index contributed by atoms with van der Waals surface area (Å²) in [5.74, 6) is 3.67. The van der Waals surface area contributed by atoms with Crippen LogP contribution in [0.5, 0.6) is 0 Å². The Labute approximate surface area is 327 Å². The summed E-state index contributed by atoms with van der Waals surface area (Å²) in [5, 5.41) is 3.35. The van der Waals surface area contributed by atoms with Gasteiger partial charge < -0.3 is 0 Å². The van der Waals surface area contributed by atoms with Crippen LogP contribution in [-0.4, -0.2) is 34.5 Å². The first-order valence-electron chi connectivity index (χ1n) is 18.6. The van der Waals surface area contributed by atoms with Gasteiger partial charge in [-0.3, -0.25) is 4.57 Å². The van der Waals surface area contributed by atoms with Gasteiger partial charge in [0.15, 0.2) is 29.1 Å². The minimum Gasteiger partial charge on any atom is -0.285 e. The zero-order valence-corrected chi connectivity index (χ0v) is 31.1. The van der Waals surface area contributed by atoms with E-state index in [-0.39, 0.29) is 0 Å². The molecule has 0 aliphatic heterocycles. The van der Waals surface area contributed by atoms with Crippen molar-refractivity contribution in [3.05, 3.63) is 176 Å². The minimum atomic E-state index is 0.570. The molecule has 56 heavy (non-hydrogen) atoms. The molecule has 4 aromatic heterocycles. The predicted octanol–water partition coefficient (Wildman–Crippen LogP) is 11.8. The molecule has 0 bridgehead atoms. The van der Waals surface area contributed by atoms with Crippen molar-refractivity contribution in [2.75, 3.05) is 0 Å². The van der Waals surface area contributed by atoms with Crippen molar-refractivity contribution in [2.45, 2.75) is 12.8 Å². The number of nitrogens with zero attached hydrogens (tertiary/aromatic N) is 7. The first-order chi connectivity index (χ1) is 27.7. The van der Waals surface area contributed by atoms with E-state index in [2.05, 4.69) is 78.0 Å². The lowest BCUT2D eigenvalue weighted by molar-refractivity contribution is 0.921. The average Bonchev–Trinajstić information content (AvgIpc) is 3.85.